The number of benzene rings is 2. The molecule has 164 valence electrons. The Kier molecular flexibility index (Phi) is 8.38. The van der Waals surface area contributed by atoms with Crippen LogP contribution in [0.25, 0.3) is 0 Å². The second-order valence-electron chi connectivity index (χ2n) is 7.87. The van der Waals surface area contributed by atoms with Crippen molar-refractivity contribution < 1.29 is 9.59 Å². The molecule has 0 radical (unpaired) electrons. The summed E-state index contributed by atoms with van der Waals surface area (Å²) >= 11 is 0. The lowest BCUT2D eigenvalue weighted by atomic mass is 10.0. The predicted octanol–water partition coefficient (Wildman–Crippen LogP) is 4.37. The van der Waals surface area contributed by atoms with Crippen LogP contribution in [-0.4, -0.2) is 18.2 Å². The molecule has 0 aromatic heterocycles. The Labute approximate surface area is 190 Å². The number of rotatable bonds is 1. The molecule has 2 aromatic carbocycles. The highest BCUT2D eigenvalue weighted by Gasteiger charge is 2.17. The second-order valence-corrected chi connectivity index (χ2v) is 7.87. The van der Waals surface area contributed by atoms with Gasteiger partial charge in [-0.3, -0.25) is 4.79 Å². The van der Waals surface area contributed by atoms with Gasteiger partial charge in [0.25, 0.3) is 5.91 Å². The lowest BCUT2D eigenvalue weighted by Gasteiger charge is -2.16. The maximum atomic E-state index is 12.7. The number of carbonyl (C=O) groups excluding carboxylic acids is 2. The largest absolute Gasteiger partial charge is 0.362 e. The molecule has 2 aromatic rings. The number of nitrogens with one attached hydrogen (secondary N) is 2. The molecule has 0 fully saturated rings. The molecule has 0 aliphatic carbocycles. The Morgan fingerprint density at radius 3 is 2.19 bits per heavy atom. The van der Waals surface area contributed by atoms with Crippen molar-refractivity contribution in [2.24, 2.45) is 0 Å². The van der Waals surface area contributed by atoms with Crippen LogP contribution in [0, 0.1) is 0 Å². The molecule has 4 heteroatoms. The molecule has 0 saturated heterocycles. The molecule has 4 nitrogen and oxygen atoms in total. The fraction of sp³-hybridized carbons (Fsp3) is 0.214. The quantitative estimate of drug-likeness (QED) is 0.404. The number of allylic oxidation sites excluding steroid dienone is 4. The van der Waals surface area contributed by atoms with Crippen molar-refractivity contribution in [2.75, 3.05) is 0 Å². The summed E-state index contributed by atoms with van der Waals surface area (Å²) in [5, 5.41) is 5.89. The van der Waals surface area contributed by atoms with E-state index in [2.05, 4.69) is 65.8 Å². The van der Waals surface area contributed by atoms with Gasteiger partial charge in [-0.2, -0.15) is 0 Å². The molecule has 32 heavy (non-hydrogen) atoms. The van der Waals surface area contributed by atoms with Crippen LogP contribution in [-0.2, 0) is 35.3 Å². The van der Waals surface area contributed by atoms with Crippen LogP contribution in [0.1, 0.15) is 29.2 Å². The first-order chi connectivity index (χ1) is 15.6. The molecule has 2 heterocycles. The maximum Gasteiger partial charge on any atom is 0.253 e. The standard InChI is InChI=1S/C28H30N2O2/c1-3-27-21(2)29-17-7-12-24-11-6-10-23(18-24)9-5-4-8-22-13-15-25(16-14-22)19-26(20-31)30-28(27)32/h3-7,10-11,13-18,20,26,29H,2,8-9,12,19H2,1H3,(H,30,32)/b5-4-,17-7-,27-3+. The van der Waals surface area contributed by atoms with E-state index in [4.69, 9.17) is 0 Å². The van der Waals surface area contributed by atoms with Crippen molar-refractivity contribution in [3.63, 3.8) is 0 Å². The molecule has 1 amide bonds. The fourth-order valence-electron chi connectivity index (χ4n) is 3.64. The number of carbonyl (C=O) groups is 2. The van der Waals surface area contributed by atoms with Crippen LogP contribution in [0.5, 0.6) is 0 Å². The van der Waals surface area contributed by atoms with E-state index in [1.54, 1.807) is 19.2 Å². The molecular weight excluding hydrogens is 396 g/mol. The van der Waals surface area contributed by atoms with Crippen molar-refractivity contribution in [3.05, 3.63) is 119 Å². The van der Waals surface area contributed by atoms with Crippen LogP contribution in [0.2, 0.25) is 0 Å². The Morgan fingerprint density at radius 2 is 1.53 bits per heavy atom. The monoisotopic (exact) mass is 426 g/mol. The molecule has 0 spiro atoms. The summed E-state index contributed by atoms with van der Waals surface area (Å²) < 4.78 is 0. The summed E-state index contributed by atoms with van der Waals surface area (Å²) in [5.41, 5.74) is 5.60. The topological polar surface area (TPSA) is 58.2 Å². The molecule has 1 unspecified atom stereocenters. The Bertz CT molecular complexity index is 1050. The van der Waals surface area contributed by atoms with Gasteiger partial charge in [0.05, 0.1) is 11.6 Å². The number of fused-ring (bicyclic) bond motifs is 12. The van der Waals surface area contributed by atoms with Gasteiger partial charge in [-0.25, -0.2) is 0 Å². The number of hydrogen-bond donors (Lipinski definition) is 2. The third-order valence-corrected chi connectivity index (χ3v) is 5.41. The van der Waals surface area contributed by atoms with Gasteiger partial charge in [-0.15, -0.1) is 0 Å². The zero-order valence-corrected chi connectivity index (χ0v) is 18.5. The van der Waals surface area contributed by atoms with E-state index in [-0.39, 0.29) is 5.91 Å². The normalized spacial score (nSPS) is 21.2. The van der Waals surface area contributed by atoms with Gasteiger partial charge in [0, 0.05) is 5.70 Å². The van der Waals surface area contributed by atoms with Gasteiger partial charge in [0.2, 0.25) is 0 Å². The van der Waals surface area contributed by atoms with Gasteiger partial charge in [0.1, 0.15) is 6.29 Å². The summed E-state index contributed by atoms with van der Waals surface area (Å²) in [6.07, 6.45) is 13.6. The van der Waals surface area contributed by atoms with Crippen molar-refractivity contribution in [1.82, 2.24) is 10.6 Å². The smallest absolute Gasteiger partial charge is 0.253 e. The average molecular weight is 427 g/mol. The molecular formula is C28H30N2O2. The van der Waals surface area contributed by atoms with E-state index in [1.807, 2.05) is 18.2 Å². The molecule has 4 bridgehead atoms. The van der Waals surface area contributed by atoms with Crippen molar-refractivity contribution >= 4 is 12.2 Å². The first kappa shape index (κ1) is 23.0. The second kappa shape index (κ2) is 11.7. The zero-order valence-electron chi connectivity index (χ0n) is 18.5. The van der Waals surface area contributed by atoms with Crippen molar-refractivity contribution in [2.45, 2.75) is 38.6 Å². The summed E-state index contributed by atoms with van der Waals surface area (Å²) in [4.78, 5) is 24.3. The minimum absolute atomic E-state index is 0.323. The minimum Gasteiger partial charge on any atom is -0.362 e. The van der Waals surface area contributed by atoms with Crippen LogP contribution < -0.4 is 10.6 Å². The summed E-state index contributed by atoms with van der Waals surface area (Å²) in [6.45, 7) is 5.76. The number of aldehydes is 1. The molecule has 4 rings (SSSR count). The summed E-state index contributed by atoms with van der Waals surface area (Å²) in [7, 11) is 0. The zero-order chi connectivity index (χ0) is 22.8. The third kappa shape index (κ3) is 6.67. The highest BCUT2D eigenvalue weighted by molar-refractivity contribution is 5.98. The Balaban J connectivity index is 1.83. The highest BCUT2D eigenvalue weighted by atomic mass is 16.2. The van der Waals surface area contributed by atoms with Crippen LogP contribution in [0.4, 0.5) is 0 Å². The van der Waals surface area contributed by atoms with E-state index in [0.717, 1.165) is 31.1 Å². The highest BCUT2D eigenvalue weighted by Crippen LogP contribution is 2.12. The number of hydrogen-bond acceptors (Lipinski definition) is 3. The minimum atomic E-state index is -0.605. The van der Waals surface area contributed by atoms with E-state index >= 15 is 0 Å². The van der Waals surface area contributed by atoms with Crippen LogP contribution in [0.3, 0.4) is 0 Å². The van der Waals surface area contributed by atoms with E-state index in [9.17, 15) is 9.59 Å². The molecule has 0 saturated carbocycles. The van der Waals surface area contributed by atoms with Crippen molar-refractivity contribution in [3.8, 4) is 0 Å². The predicted molar refractivity (Wildman–Crippen MR) is 130 cm³/mol. The SMILES string of the molecule is C=C1N/C=C\Cc2cccc(c2)C/C=C\Cc2ccc(cc2)CC(C=O)NC(=O)/C1=C/C. The fourth-order valence-corrected chi connectivity index (χ4v) is 3.64. The van der Waals surface area contributed by atoms with Crippen molar-refractivity contribution in [1.29, 1.82) is 0 Å². The van der Waals surface area contributed by atoms with E-state index in [0.29, 0.717) is 17.7 Å². The van der Waals surface area contributed by atoms with Gasteiger partial charge in [-0.1, -0.05) is 79.4 Å². The van der Waals surface area contributed by atoms with E-state index < -0.39 is 6.04 Å². The third-order valence-electron chi connectivity index (χ3n) is 5.41. The lowest BCUT2D eigenvalue weighted by Crippen LogP contribution is -2.39. The summed E-state index contributed by atoms with van der Waals surface area (Å²) in [5.74, 6) is -0.323. The summed E-state index contributed by atoms with van der Waals surface area (Å²) in [6, 6.07) is 16.1. The first-order valence-electron chi connectivity index (χ1n) is 10.9. The van der Waals surface area contributed by atoms with Crippen LogP contribution >= 0.6 is 0 Å². The Morgan fingerprint density at radius 1 is 0.906 bits per heavy atom. The molecule has 2 aliphatic rings. The molecule has 2 N–H and O–H groups in total. The first-order valence-corrected chi connectivity index (χ1v) is 10.9. The van der Waals surface area contributed by atoms with Gasteiger partial charge in [-0.05, 0) is 61.1 Å². The van der Waals surface area contributed by atoms with Gasteiger partial charge >= 0.3 is 0 Å². The van der Waals surface area contributed by atoms with E-state index in [1.165, 1.54) is 16.7 Å². The number of amides is 1. The van der Waals surface area contributed by atoms with Crippen LogP contribution in [0.15, 0.2) is 96.9 Å². The molecule has 1 atom stereocenters. The average Bonchev–Trinajstić information content (AvgIpc) is 2.80. The maximum absolute atomic E-state index is 12.7. The lowest BCUT2D eigenvalue weighted by molar-refractivity contribution is -0.120. The van der Waals surface area contributed by atoms with Gasteiger partial charge in [0.15, 0.2) is 0 Å². The Hall–Kier alpha value is -3.66. The molecule has 2 aliphatic heterocycles. The van der Waals surface area contributed by atoms with Gasteiger partial charge < -0.3 is 15.4 Å².